The highest BCUT2D eigenvalue weighted by Gasteiger charge is 2.51. The summed E-state index contributed by atoms with van der Waals surface area (Å²) in [6, 6.07) is 20.2. The van der Waals surface area contributed by atoms with Crippen molar-refractivity contribution in [2.75, 3.05) is 19.1 Å². The first-order valence-corrected chi connectivity index (χ1v) is 9.94. The number of amides is 1. The number of halogens is 1. The first kappa shape index (κ1) is 20.1. The smallest absolute Gasteiger partial charge is 0.271 e. The number of benzene rings is 3. The van der Waals surface area contributed by atoms with Gasteiger partial charge < -0.3 is 14.2 Å². The monoisotopic (exact) mass is 423 g/mol. The highest BCUT2D eigenvalue weighted by Crippen LogP contribution is 2.45. The van der Waals surface area contributed by atoms with E-state index in [1.165, 1.54) is 0 Å². The summed E-state index contributed by atoms with van der Waals surface area (Å²) >= 11 is 6.41. The van der Waals surface area contributed by atoms with E-state index < -0.39 is 6.10 Å². The fourth-order valence-electron chi connectivity index (χ4n) is 3.68. The largest absolute Gasteiger partial charge is 0.493 e. The molecule has 2 atom stereocenters. The van der Waals surface area contributed by atoms with E-state index in [2.05, 4.69) is 0 Å². The van der Waals surface area contributed by atoms with Crippen molar-refractivity contribution in [3.05, 3.63) is 82.9 Å². The number of nitrogens with zero attached hydrogens (tertiary/aromatic N) is 1. The summed E-state index contributed by atoms with van der Waals surface area (Å²) in [4.78, 5) is 14.9. The number of ether oxygens (including phenoxy) is 3. The van der Waals surface area contributed by atoms with Crippen LogP contribution in [0.2, 0.25) is 5.02 Å². The second-order valence-electron chi connectivity index (χ2n) is 7.02. The number of anilines is 1. The lowest BCUT2D eigenvalue weighted by Gasteiger charge is -2.47. The normalized spacial score (nSPS) is 18.0. The van der Waals surface area contributed by atoms with Gasteiger partial charge in [-0.15, -0.1) is 0 Å². The molecule has 0 radical (unpaired) electrons. The molecule has 5 nitrogen and oxygen atoms in total. The summed E-state index contributed by atoms with van der Waals surface area (Å²) in [6.07, 6.45) is -0.680. The molecule has 1 aliphatic heterocycles. The van der Waals surface area contributed by atoms with Crippen LogP contribution in [-0.2, 0) is 4.79 Å². The number of aryl methyl sites for hydroxylation is 1. The highest BCUT2D eigenvalue weighted by atomic mass is 35.5. The second kappa shape index (κ2) is 8.28. The standard InChI is InChI=1S/C24H22ClNO4/c1-15-8-4-7-11-19(15)30-23-22(16-12-13-20(28-2)21(14-16)29-3)26(24(23)27)18-10-6-5-9-17(18)25/h4-14,22-23H,1-3H3. The van der Waals surface area contributed by atoms with Crippen LogP contribution in [0.5, 0.6) is 17.2 Å². The number of β-lactam (4-membered cyclic amide) rings is 1. The zero-order chi connectivity index (χ0) is 21.3. The molecule has 3 aromatic carbocycles. The average molecular weight is 424 g/mol. The van der Waals surface area contributed by atoms with Crippen molar-refractivity contribution in [3.8, 4) is 17.2 Å². The number of rotatable bonds is 6. The molecule has 3 aromatic rings. The molecule has 4 rings (SSSR count). The SMILES string of the molecule is COc1ccc(C2C(Oc3ccccc3C)C(=O)N2c2ccccc2Cl)cc1OC. The van der Waals surface area contributed by atoms with E-state index in [1.807, 2.05) is 67.6 Å². The molecule has 0 aliphatic carbocycles. The van der Waals surface area contributed by atoms with E-state index in [-0.39, 0.29) is 11.9 Å². The van der Waals surface area contributed by atoms with Crippen LogP contribution in [0.15, 0.2) is 66.7 Å². The molecule has 30 heavy (non-hydrogen) atoms. The number of carbonyl (C=O) groups excluding carboxylic acids is 1. The van der Waals surface area contributed by atoms with E-state index in [0.29, 0.717) is 28.0 Å². The van der Waals surface area contributed by atoms with Crippen molar-refractivity contribution in [2.24, 2.45) is 0 Å². The summed E-state index contributed by atoms with van der Waals surface area (Å²) in [5.74, 6) is 1.74. The van der Waals surface area contributed by atoms with Gasteiger partial charge in [-0.3, -0.25) is 9.69 Å². The minimum Gasteiger partial charge on any atom is -0.493 e. The molecule has 0 bridgehead atoms. The van der Waals surface area contributed by atoms with E-state index in [0.717, 1.165) is 11.1 Å². The molecule has 2 unspecified atom stereocenters. The van der Waals surface area contributed by atoms with Crippen molar-refractivity contribution < 1.29 is 19.0 Å². The number of hydrogen-bond donors (Lipinski definition) is 0. The van der Waals surface area contributed by atoms with Gasteiger partial charge in [-0.25, -0.2) is 0 Å². The zero-order valence-corrected chi connectivity index (χ0v) is 17.7. The van der Waals surface area contributed by atoms with Crippen LogP contribution in [0.3, 0.4) is 0 Å². The third-order valence-corrected chi connectivity index (χ3v) is 5.57. The Labute approximate surface area is 180 Å². The maximum Gasteiger partial charge on any atom is 0.271 e. The first-order chi connectivity index (χ1) is 14.5. The molecule has 0 N–H and O–H groups in total. The van der Waals surface area contributed by atoms with Gasteiger partial charge in [0.2, 0.25) is 6.10 Å². The average Bonchev–Trinajstić information content (AvgIpc) is 2.77. The number of methoxy groups -OCH3 is 2. The maximum absolute atomic E-state index is 13.2. The summed E-state index contributed by atoms with van der Waals surface area (Å²) in [5, 5.41) is 0.505. The van der Waals surface area contributed by atoms with Gasteiger partial charge >= 0.3 is 0 Å². The molecule has 0 spiro atoms. The number of carbonyl (C=O) groups is 1. The molecule has 0 saturated carbocycles. The Kier molecular flexibility index (Phi) is 5.55. The van der Waals surface area contributed by atoms with Crippen LogP contribution >= 0.6 is 11.6 Å². The van der Waals surface area contributed by atoms with Crippen molar-refractivity contribution in [1.82, 2.24) is 0 Å². The molecule has 1 aliphatic rings. The summed E-state index contributed by atoms with van der Waals surface area (Å²) in [5.41, 5.74) is 2.48. The van der Waals surface area contributed by atoms with Gasteiger partial charge in [0.05, 0.1) is 24.9 Å². The van der Waals surface area contributed by atoms with Crippen LogP contribution in [0, 0.1) is 6.92 Å². The lowest BCUT2D eigenvalue weighted by molar-refractivity contribution is -0.135. The number of para-hydroxylation sites is 2. The Morgan fingerprint density at radius 3 is 2.27 bits per heavy atom. The van der Waals surface area contributed by atoms with Crippen LogP contribution in [0.25, 0.3) is 0 Å². The van der Waals surface area contributed by atoms with Crippen LogP contribution in [-0.4, -0.2) is 26.2 Å². The van der Waals surface area contributed by atoms with Crippen LogP contribution in [0.4, 0.5) is 5.69 Å². The Morgan fingerprint density at radius 2 is 1.57 bits per heavy atom. The maximum atomic E-state index is 13.2. The van der Waals surface area contributed by atoms with E-state index in [9.17, 15) is 4.79 Å². The third-order valence-electron chi connectivity index (χ3n) is 5.25. The molecule has 1 heterocycles. The molecule has 1 saturated heterocycles. The molecule has 1 amide bonds. The Balaban J connectivity index is 1.76. The molecule has 154 valence electrons. The van der Waals surface area contributed by atoms with Crippen molar-refractivity contribution in [1.29, 1.82) is 0 Å². The summed E-state index contributed by atoms with van der Waals surface area (Å²) in [6.45, 7) is 1.95. The number of hydrogen-bond acceptors (Lipinski definition) is 4. The van der Waals surface area contributed by atoms with E-state index >= 15 is 0 Å². The van der Waals surface area contributed by atoms with Gasteiger partial charge in [-0.05, 0) is 48.4 Å². The van der Waals surface area contributed by atoms with E-state index in [1.54, 1.807) is 25.2 Å². The van der Waals surface area contributed by atoms with Crippen LogP contribution in [0.1, 0.15) is 17.2 Å². The Morgan fingerprint density at radius 1 is 0.867 bits per heavy atom. The fraction of sp³-hybridized carbons (Fsp3) is 0.208. The quantitative estimate of drug-likeness (QED) is 0.511. The molecule has 0 aromatic heterocycles. The third kappa shape index (κ3) is 3.46. The summed E-state index contributed by atoms with van der Waals surface area (Å²) < 4.78 is 17.0. The van der Waals surface area contributed by atoms with Gasteiger partial charge in [-0.1, -0.05) is 48.0 Å². The lowest BCUT2D eigenvalue weighted by Crippen LogP contribution is -2.61. The van der Waals surface area contributed by atoms with Gasteiger partial charge in [0.15, 0.2) is 11.5 Å². The molecular formula is C24H22ClNO4. The zero-order valence-electron chi connectivity index (χ0n) is 17.0. The van der Waals surface area contributed by atoms with Gasteiger partial charge in [0.1, 0.15) is 11.8 Å². The van der Waals surface area contributed by atoms with Gasteiger partial charge in [0.25, 0.3) is 5.91 Å². The minimum absolute atomic E-state index is 0.147. The molecule has 6 heteroatoms. The predicted octanol–water partition coefficient (Wildman–Crippen LogP) is 5.20. The Bertz CT molecular complexity index is 1080. The molecule has 1 fully saturated rings. The van der Waals surface area contributed by atoms with Crippen molar-refractivity contribution >= 4 is 23.2 Å². The minimum atomic E-state index is -0.680. The lowest BCUT2D eigenvalue weighted by atomic mass is 9.89. The highest BCUT2D eigenvalue weighted by molar-refractivity contribution is 6.34. The summed E-state index contributed by atoms with van der Waals surface area (Å²) in [7, 11) is 3.17. The second-order valence-corrected chi connectivity index (χ2v) is 7.43. The van der Waals surface area contributed by atoms with Gasteiger partial charge in [-0.2, -0.15) is 0 Å². The molecular weight excluding hydrogens is 402 g/mol. The first-order valence-electron chi connectivity index (χ1n) is 9.57. The van der Waals surface area contributed by atoms with Gasteiger partial charge in [0, 0.05) is 0 Å². The van der Waals surface area contributed by atoms with Crippen molar-refractivity contribution in [2.45, 2.75) is 19.1 Å². The Hall–Kier alpha value is -3.18. The predicted molar refractivity (Wildman–Crippen MR) is 117 cm³/mol. The topological polar surface area (TPSA) is 48.0 Å². The van der Waals surface area contributed by atoms with E-state index in [4.69, 9.17) is 25.8 Å². The van der Waals surface area contributed by atoms with Crippen LogP contribution < -0.4 is 19.1 Å². The van der Waals surface area contributed by atoms with Crippen molar-refractivity contribution in [3.63, 3.8) is 0 Å². The fourth-order valence-corrected chi connectivity index (χ4v) is 3.91.